The molecular weight excluding hydrogens is 244 g/mol. The lowest BCUT2D eigenvalue weighted by molar-refractivity contribution is 0.0690. The highest BCUT2D eigenvalue weighted by Gasteiger charge is 2.08. The van der Waals surface area contributed by atoms with E-state index in [4.69, 9.17) is 5.11 Å². The molecule has 0 aliphatic rings. The summed E-state index contributed by atoms with van der Waals surface area (Å²) in [5.41, 5.74) is 1.97. The van der Waals surface area contributed by atoms with Crippen molar-refractivity contribution in [3.05, 3.63) is 53.9 Å². The number of pyridine rings is 1. The molecule has 5 heteroatoms. The maximum absolute atomic E-state index is 11.6. The van der Waals surface area contributed by atoms with Crippen LogP contribution >= 0.6 is 0 Å². The van der Waals surface area contributed by atoms with E-state index in [2.05, 4.69) is 10.3 Å². The summed E-state index contributed by atoms with van der Waals surface area (Å²) in [5, 5.41) is 11.5. The van der Waals surface area contributed by atoms with Crippen LogP contribution in [0.3, 0.4) is 0 Å². The van der Waals surface area contributed by atoms with Crippen molar-refractivity contribution in [3.63, 3.8) is 0 Å². The normalized spacial score (nSPS) is 9.95. The molecule has 2 rings (SSSR count). The molecule has 19 heavy (non-hydrogen) atoms. The van der Waals surface area contributed by atoms with Crippen molar-refractivity contribution in [2.75, 3.05) is 7.05 Å². The summed E-state index contributed by atoms with van der Waals surface area (Å²) >= 11 is 0. The molecule has 0 aliphatic heterocycles. The average Bonchev–Trinajstić information content (AvgIpc) is 2.46. The van der Waals surface area contributed by atoms with Gasteiger partial charge in [0.05, 0.1) is 0 Å². The van der Waals surface area contributed by atoms with Gasteiger partial charge >= 0.3 is 5.97 Å². The number of hydrogen-bond donors (Lipinski definition) is 2. The van der Waals surface area contributed by atoms with Gasteiger partial charge in [-0.1, -0.05) is 12.1 Å². The quantitative estimate of drug-likeness (QED) is 0.877. The van der Waals surface area contributed by atoms with Gasteiger partial charge in [-0.2, -0.15) is 0 Å². The summed E-state index contributed by atoms with van der Waals surface area (Å²) in [6.45, 7) is 0. The number of nitrogens with zero attached hydrogens (tertiary/aromatic N) is 1. The summed E-state index contributed by atoms with van der Waals surface area (Å²) in [4.78, 5) is 26.2. The smallest absolute Gasteiger partial charge is 0.354 e. The summed E-state index contributed by atoms with van der Waals surface area (Å²) in [7, 11) is 1.56. The van der Waals surface area contributed by atoms with Gasteiger partial charge in [0, 0.05) is 18.8 Å². The van der Waals surface area contributed by atoms with Crippen molar-refractivity contribution in [2.45, 2.75) is 0 Å². The lowest BCUT2D eigenvalue weighted by atomic mass is 10.0. The Morgan fingerprint density at radius 2 is 1.89 bits per heavy atom. The second kappa shape index (κ2) is 5.30. The SMILES string of the molecule is CNC(=O)c1cccc(-c2ccnc(C(=O)O)c2)c1. The van der Waals surface area contributed by atoms with E-state index >= 15 is 0 Å². The van der Waals surface area contributed by atoms with Crippen molar-refractivity contribution in [3.8, 4) is 11.1 Å². The molecule has 0 aliphatic carbocycles. The third-order valence-corrected chi connectivity index (χ3v) is 2.66. The summed E-state index contributed by atoms with van der Waals surface area (Å²) in [5.74, 6) is -1.27. The van der Waals surface area contributed by atoms with Crippen molar-refractivity contribution in [2.24, 2.45) is 0 Å². The third-order valence-electron chi connectivity index (χ3n) is 2.66. The molecule has 0 unspecified atom stereocenters. The topological polar surface area (TPSA) is 79.3 Å². The number of hydrogen-bond acceptors (Lipinski definition) is 3. The maximum Gasteiger partial charge on any atom is 0.354 e. The van der Waals surface area contributed by atoms with Crippen LogP contribution in [0.1, 0.15) is 20.8 Å². The lowest BCUT2D eigenvalue weighted by Crippen LogP contribution is -2.17. The number of carboxylic acids is 1. The summed E-state index contributed by atoms with van der Waals surface area (Å²) in [6.07, 6.45) is 1.44. The van der Waals surface area contributed by atoms with Crippen molar-refractivity contribution >= 4 is 11.9 Å². The molecular formula is C14H12N2O3. The molecule has 1 aromatic carbocycles. The van der Waals surface area contributed by atoms with E-state index in [1.165, 1.54) is 12.3 Å². The predicted molar refractivity (Wildman–Crippen MR) is 70.0 cm³/mol. The van der Waals surface area contributed by atoms with Gasteiger partial charge in [-0.15, -0.1) is 0 Å². The van der Waals surface area contributed by atoms with Crippen LogP contribution in [-0.4, -0.2) is 29.0 Å². The van der Waals surface area contributed by atoms with Crippen molar-refractivity contribution in [1.29, 1.82) is 0 Å². The van der Waals surface area contributed by atoms with Crippen LogP contribution in [0.4, 0.5) is 0 Å². The molecule has 0 bridgehead atoms. The fourth-order valence-electron chi connectivity index (χ4n) is 1.71. The van der Waals surface area contributed by atoms with E-state index in [0.29, 0.717) is 11.1 Å². The average molecular weight is 256 g/mol. The highest BCUT2D eigenvalue weighted by molar-refractivity contribution is 5.95. The Hall–Kier alpha value is -2.69. The summed E-state index contributed by atoms with van der Waals surface area (Å²) < 4.78 is 0. The van der Waals surface area contributed by atoms with Gasteiger partial charge in [0.25, 0.3) is 5.91 Å². The Labute approximate surface area is 109 Å². The fraction of sp³-hybridized carbons (Fsp3) is 0.0714. The van der Waals surface area contributed by atoms with Crippen molar-refractivity contribution in [1.82, 2.24) is 10.3 Å². The Morgan fingerprint density at radius 1 is 1.16 bits per heavy atom. The van der Waals surface area contributed by atoms with Gasteiger partial charge in [-0.25, -0.2) is 9.78 Å². The molecule has 0 atom stereocenters. The van der Waals surface area contributed by atoms with Crippen LogP contribution in [0.2, 0.25) is 0 Å². The van der Waals surface area contributed by atoms with Crippen LogP contribution in [0.5, 0.6) is 0 Å². The zero-order chi connectivity index (χ0) is 13.8. The van der Waals surface area contributed by atoms with Gasteiger partial charge in [-0.05, 0) is 35.4 Å². The standard InChI is InChI=1S/C14H12N2O3/c1-15-13(17)11-4-2-3-9(7-11)10-5-6-16-12(8-10)14(18)19/h2-8H,1H3,(H,15,17)(H,18,19). The van der Waals surface area contributed by atoms with Crippen LogP contribution in [-0.2, 0) is 0 Å². The Bertz CT molecular complexity index is 638. The predicted octanol–water partition coefficient (Wildman–Crippen LogP) is 1.81. The van der Waals surface area contributed by atoms with Crippen molar-refractivity contribution < 1.29 is 14.7 Å². The first-order valence-electron chi connectivity index (χ1n) is 5.63. The van der Waals surface area contributed by atoms with Gasteiger partial charge in [0.1, 0.15) is 5.69 Å². The fourth-order valence-corrected chi connectivity index (χ4v) is 1.71. The first-order valence-corrected chi connectivity index (χ1v) is 5.63. The number of rotatable bonds is 3. The molecule has 1 amide bonds. The third kappa shape index (κ3) is 2.77. The monoisotopic (exact) mass is 256 g/mol. The molecule has 0 saturated carbocycles. The first kappa shape index (κ1) is 12.8. The van der Waals surface area contributed by atoms with E-state index in [1.54, 1.807) is 31.3 Å². The van der Waals surface area contributed by atoms with E-state index in [-0.39, 0.29) is 11.6 Å². The maximum atomic E-state index is 11.6. The Kier molecular flexibility index (Phi) is 3.56. The van der Waals surface area contributed by atoms with Gasteiger partial charge < -0.3 is 10.4 Å². The minimum Gasteiger partial charge on any atom is -0.477 e. The minimum atomic E-state index is -1.08. The number of carboxylic acid groups (broad SMARTS) is 1. The van der Waals surface area contributed by atoms with Crippen LogP contribution < -0.4 is 5.32 Å². The molecule has 0 saturated heterocycles. The van der Waals surface area contributed by atoms with E-state index in [9.17, 15) is 9.59 Å². The van der Waals surface area contributed by atoms with Crippen LogP contribution in [0.15, 0.2) is 42.6 Å². The molecule has 1 aromatic heterocycles. The molecule has 96 valence electrons. The number of aromatic nitrogens is 1. The van der Waals surface area contributed by atoms with E-state index < -0.39 is 5.97 Å². The highest BCUT2D eigenvalue weighted by Crippen LogP contribution is 2.20. The van der Waals surface area contributed by atoms with Gasteiger partial charge in [0.15, 0.2) is 0 Å². The second-order valence-electron chi connectivity index (χ2n) is 3.89. The van der Waals surface area contributed by atoms with E-state index in [1.807, 2.05) is 6.07 Å². The summed E-state index contributed by atoms with van der Waals surface area (Å²) in [6, 6.07) is 10.1. The number of benzene rings is 1. The number of aromatic carboxylic acids is 1. The Balaban J connectivity index is 2.44. The number of carbonyl (C=O) groups excluding carboxylic acids is 1. The zero-order valence-electron chi connectivity index (χ0n) is 10.3. The molecule has 0 radical (unpaired) electrons. The Morgan fingerprint density at radius 3 is 2.58 bits per heavy atom. The molecule has 2 N–H and O–H groups in total. The molecule has 5 nitrogen and oxygen atoms in total. The number of amides is 1. The molecule has 0 fully saturated rings. The van der Waals surface area contributed by atoms with Gasteiger partial charge in [-0.3, -0.25) is 4.79 Å². The number of nitrogens with one attached hydrogen (secondary N) is 1. The van der Waals surface area contributed by atoms with Gasteiger partial charge in [0.2, 0.25) is 0 Å². The zero-order valence-corrected chi connectivity index (χ0v) is 10.3. The van der Waals surface area contributed by atoms with Crippen LogP contribution in [0.25, 0.3) is 11.1 Å². The highest BCUT2D eigenvalue weighted by atomic mass is 16.4. The lowest BCUT2D eigenvalue weighted by Gasteiger charge is -2.05. The first-order chi connectivity index (χ1) is 9.11. The van der Waals surface area contributed by atoms with E-state index in [0.717, 1.165) is 5.56 Å². The number of carbonyl (C=O) groups is 2. The second-order valence-corrected chi connectivity index (χ2v) is 3.89. The minimum absolute atomic E-state index is 0.0251. The molecule has 2 aromatic rings. The molecule has 1 heterocycles. The molecule has 0 spiro atoms. The largest absolute Gasteiger partial charge is 0.477 e. The van der Waals surface area contributed by atoms with Crippen LogP contribution in [0, 0.1) is 0 Å².